The number of ether oxygens (including phenoxy) is 1. The van der Waals surface area contributed by atoms with E-state index in [1.54, 1.807) is 7.11 Å². The first kappa shape index (κ1) is 14.6. The smallest absolute Gasteiger partial charge is 0.173 e. The van der Waals surface area contributed by atoms with Crippen molar-refractivity contribution in [1.29, 1.82) is 0 Å². The first-order valence-electron chi connectivity index (χ1n) is 7.47. The highest BCUT2D eigenvalue weighted by Gasteiger charge is 2.36. The molecule has 0 aromatic heterocycles. The maximum atomic E-state index is 13.2. The zero-order chi connectivity index (χ0) is 15.9. The van der Waals surface area contributed by atoms with Crippen molar-refractivity contribution in [2.75, 3.05) is 7.11 Å². The average Bonchev–Trinajstić information content (AvgIpc) is 2.54. The van der Waals surface area contributed by atoms with E-state index in [1.165, 1.54) is 0 Å². The number of methoxy groups -OCH3 is 1. The third-order valence-corrected chi connectivity index (χ3v) is 4.53. The molecule has 0 spiro atoms. The quantitative estimate of drug-likeness (QED) is 0.762. The molecule has 2 aromatic rings. The van der Waals surface area contributed by atoms with Crippen LogP contribution in [0.1, 0.15) is 47.8 Å². The van der Waals surface area contributed by atoms with Gasteiger partial charge in [-0.05, 0) is 37.5 Å². The van der Waals surface area contributed by atoms with Crippen molar-refractivity contribution >= 4 is 17.1 Å². The molecule has 112 valence electrons. The summed E-state index contributed by atoms with van der Waals surface area (Å²) < 4.78 is 5.72. The number of carbonyl (C=O) groups excluding carboxylic acids is 1. The van der Waals surface area contributed by atoms with Gasteiger partial charge in [0.15, 0.2) is 5.78 Å². The molecule has 0 N–H and O–H groups in total. The Hall–Kier alpha value is -2.35. The molecule has 0 heterocycles. The molecule has 2 nitrogen and oxygen atoms in total. The van der Waals surface area contributed by atoms with E-state index in [9.17, 15) is 4.79 Å². The highest BCUT2D eigenvalue weighted by atomic mass is 16.5. The largest absolute Gasteiger partial charge is 0.496 e. The van der Waals surface area contributed by atoms with Crippen LogP contribution in [0, 0.1) is 0 Å². The van der Waals surface area contributed by atoms with Crippen LogP contribution < -0.4 is 0 Å². The summed E-state index contributed by atoms with van der Waals surface area (Å²) in [6.07, 6.45) is 0. The van der Waals surface area contributed by atoms with E-state index in [0.717, 1.165) is 33.6 Å². The third kappa shape index (κ3) is 1.98. The topological polar surface area (TPSA) is 26.3 Å². The van der Waals surface area contributed by atoms with Crippen LogP contribution in [0.15, 0.2) is 48.5 Å². The van der Waals surface area contributed by atoms with Gasteiger partial charge in [-0.15, -0.1) is 0 Å². The van der Waals surface area contributed by atoms with E-state index in [0.29, 0.717) is 0 Å². The van der Waals surface area contributed by atoms with Crippen molar-refractivity contribution in [1.82, 2.24) is 0 Å². The van der Waals surface area contributed by atoms with Gasteiger partial charge in [-0.2, -0.15) is 0 Å². The summed E-state index contributed by atoms with van der Waals surface area (Å²) in [5, 5.41) is 0. The van der Waals surface area contributed by atoms with E-state index < -0.39 is 5.41 Å². The van der Waals surface area contributed by atoms with Crippen molar-refractivity contribution in [3.63, 3.8) is 0 Å². The lowest BCUT2D eigenvalue weighted by Crippen LogP contribution is -2.32. The number of fused-ring (bicyclic) bond motifs is 2. The first-order valence-corrected chi connectivity index (χ1v) is 7.47. The molecule has 0 amide bonds. The monoisotopic (exact) mass is 292 g/mol. The Morgan fingerprint density at radius 1 is 0.864 bits per heavy atom. The molecule has 22 heavy (non-hydrogen) atoms. The number of rotatable bonds is 1. The summed E-state index contributed by atoms with van der Waals surface area (Å²) in [6.45, 7) is 5.98. The van der Waals surface area contributed by atoms with Gasteiger partial charge in [-0.3, -0.25) is 4.79 Å². The van der Waals surface area contributed by atoms with Gasteiger partial charge < -0.3 is 4.74 Å². The Kier molecular flexibility index (Phi) is 3.40. The average molecular weight is 292 g/mol. The molecule has 2 aromatic carbocycles. The molecule has 0 saturated heterocycles. The number of Topliss-reactive ketones (excluding diaryl/α,β-unsaturated/α-hetero) is 1. The second kappa shape index (κ2) is 5.13. The van der Waals surface area contributed by atoms with Crippen molar-refractivity contribution in [2.45, 2.75) is 26.2 Å². The number of ketones is 1. The van der Waals surface area contributed by atoms with Crippen LogP contribution in [-0.4, -0.2) is 12.9 Å². The van der Waals surface area contributed by atoms with Gasteiger partial charge in [0.2, 0.25) is 0 Å². The summed E-state index contributed by atoms with van der Waals surface area (Å²) in [5.74, 6) is 0.980. The van der Waals surface area contributed by atoms with Crippen molar-refractivity contribution < 1.29 is 9.53 Å². The van der Waals surface area contributed by atoms with E-state index >= 15 is 0 Å². The summed E-state index contributed by atoms with van der Waals surface area (Å²) in [6, 6.07) is 15.8. The van der Waals surface area contributed by atoms with Crippen molar-refractivity contribution in [3.8, 4) is 0 Å². The van der Waals surface area contributed by atoms with Gasteiger partial charge in [0.05, 0.1) is 12.5 Å². The molecule has 0 bridgehead atoms. The van der Waals surface area contributed by atoms with Gasteiger partial charge in [0, 0.05) is 11.1 Å². The number of carbonyl (C=O) groups is 1. The second-order valence-corrected chi connectivity index (χ2v) is 6.20. The van der Waals surface area contributed by atoms with Crippen LogP contribution in [-0.2, 0) is 10.2 Å². The number of hydrogen-bond donors (Lipinski definition) is 0. The molecule has 1 aliphatic rings. The van der Waals surface area contributed by atoms with E-state index in [2.05, 4.69) is 0 Å². The summed E-state index contributed by atoms with van der Waals surface area (Å²) >= 11 is 0. The van der Waals surface area contributed by atoms with Crippen LogP contribution in [0.25, 0.3) is 11.3 Å². The van der Waals surface area contributed by atoms with Crippen LogP contribution in [0.4, 0.5) is 0 Å². The van der Waals surface area contributed by atoms with Crippen LogP contribution in [0.2, 0.25) is 0 Å². The molecular weight excluding hydrogens is 272 g/mol. The molecule has 0 saturated carbocycles. The number of benzene rings is 2. The fourth-order valence-electron chi connectivity index (χ4n) is 3.28. The van der Waals surface area contributed by atoms with Crippen molar-refractivity contribution in [3.05, 3.63) is 70.8 Å². The Balaban J connectivity index is 2.46. The minimum Gasteiger partial charge on any atom is -0.496 e. The normalized spacial score (nSPS) is 19.7. The molecule has 2 heteroatoms. The maximum Gasteiger partial charge on any atom is 0.173 e. The Morgan fingerprint density at radius 2 is 1.41 bits per heavy atom. The Morgan fingerprint density at radius 3 is 2.05 bits per heavy atom. The van der Waals surface area contributed by atoms with Crippen LogP contribution in [0.5, 0.6) is 0 Å². The van der Waals surface area contributed by atoms with Gasteiger partial charge in [0.25, 0.3) is 0 Å². The third-order valence-electron chi connectivity index (χ3n) is 4.53. The summed E-state index contributed by atoms with van der Waals surface area (Å²) in [5.41, 5.74) is 4.11. The van der Waals surface area contributed by atoms with Gasteiger partial charge in [-0.25, -0.2) is 0 Å². The second-order valence-electron chi connectivity index (χ2n) is 6.20. The Labute approximate surface area is 131 Å². The standard InChI is InChI=1S/C20H20O2/c1-13-14-9-5-6-10-15(14)19(21)20(2,3)17-12-8-7-11-16(17)18(13)22-4/h5-12H,1-4H3/b18-13+. The predicted molar refractivity (Wildman–Crippen MR) is 89.7 cm³/mol. The maximum absolute atomic E-state index is 13.2. The van der Waals surface area contributed by atoms with Gasteiger partial charge in [0.1, 0.15) is 5.76 Å². The van der Waals surface area contributed by atoms with E-state index in [-0.39, 0.29) is 5.78 Å². The van der Waals surface area contributed by atoms with Gasteiger partial charge >= 0.3 is 0 Å². The Bertz CT molecular complexity index is 782. The molecular formula is C20H20O2. The van der Waals surface area contributed by atoms with Gasteiger partial charge in [-0.1, -0.05) is 48.5 Å². The molecule has 0 fully saturated rings. The summed E-state index contributed by atoms with van der Waals surface area (Å²) in [4.78, 5) is 13.2. The first-order chi connectivity index (χ1) is 10.5. The highest BCUT2D eigenvalue weighted by Crippen LogP contribution is 2.40. The SMILES string of the molecule is CO/C1=C(\C)c2ccccc2C(=O)C(C)(C)c2ccccc21. The van der Waals surface area contributed by atoms with Crippen LogP contribution in [0.3, 0.4) is 0 Å². The predicted octanol–water partition coefficient (Wildman–Crippen LogP) is 4.70. The minimum absolute atomic E-state index is 0.144. The van der Waals surface area contributed by atoms with Crippen molar-refractivity contribution in [2.24, 2.45) is 0 Å². The number of allylic oxidation sites excluding steroid dienone is 1. The number of hydrogen-bond acceptors (Lipinski definition) is 2. The van der Waals surface area contributed by atoms with Crippen LogP contribution >= 0.6 is 0 Å². The highest BCUT2D eigenvalue weighted by molar-refractivity contribution is 6.10. The van der Waals surface area contributed by atoms with E-state index in [1.807, 2.05) is 69.3 Å². The zero-order valence-corrected chi connectivity index (χ0v) is 13.4. The lowest BCUT2D eigenvalue weighted by molar-refractivity contribution is 0.0907. The molecule has 0 radical (unpaired) electrons. The molecule has 3 rings (SSSR count). The van der Waals surface area contributed by atoms with E-state index in [4.69, 9.17) is 4.74 Å². The lowest BCUT2D eigenvalue weighted by Gasteiger charge is -2.31. The summed E-state index contributed by atoms with van der Waals surface area (Å²) in [7, 11) is 1.69. The molecule has 0 unspecified atom stereocenters. The molecule has 0 atom stereocenters. The minimum atomic E-state index is -0.600. The zero-order valence-electron chi connectivity index (χ0n) is 13.4. The molecule has 0 aliphatic heterocycles. The molecule has 1 aliphatic carbocycles. The fraction of sp³-hybridized carbons (Fsp3) is 0.250. The lowest BCUT2D eigenvalue weighted by atomic mass is 9.72. The fourth-order valence-corrected chi connectivity index (χ4v) is 3.28.